The van der Waals surface area contributed by atoms with Gasteiger partial charge < -0.3 is 11.1 Å². The standard InChI is InChI=1S/C24H19N7O/c25-22-20(24(32)27-14-16-7-2-1-3-8-16)21-23(30-19-11-5-4-10-18(19)29-21)31(22)28-15-17-9-6-12-26-13-17/h1-13,15H,14,25H2,(H,27,32)/b28-15+. The Kier molecular flexibility index (Phi) is 5.01. The van der Waals surface area contributed by atoms with Gasteiger partial charge in [0.05, 0.1) is 17.2 Å². The molecule has 0 unspecified atom stereocenters. The Morgan fingerprint density at radius 3 is 2.50 bits per heavy atom. The maximum absolute atomic E-state index is 13.1. The van der Waals surface area contributed by atoms with Gasteiger partial charge in [0.1, 0.15) is 16.9 Å². The summed E-state index contributed by atoms with van der Waals surface area (Å²) in [6, 6.07) is 20.8. The number of nitrogen functional groups attached to an aromatic ring is 1. The van der Waals surface area contributed by atoms with Crippen molar-refractivity contribution in [2.45, 2.75) is 6.54 Å². The van der Waals surface area contributed by atoms with Crippen LogP contribution in [0.25, 0.3) is 22.2 Å². The van der Waals surface area contributed by atoms with Crippen molar-refractivity contribution in [3.8, 4) is 0 Å². The molecule has 8 nitrogen and oxygen atoms in total. The van der Waals surface area contributed by atoms with E-state index in [1.807, 2.05) is 66.7 Å². The first-order valence-electron chi connectivity index (χ1n) is 10.0. The molecular weight excluding hydrogens is 402 g/mol. The highest BCUT2D eigenvalue weighted by Crippen LogP contribution is 2.27. The Hall–Kier alpha value is -4.59. The van der Waals surface area contributed by atoms with E-state index in [2.05, 4.69) is 25.4 Å². The Bertz CT molecular complexity index is 1440. The molecule has 32 heavy (non-hydrogen) atoms. The van der Waals surface area contributed by atoms with Crippen LogP contribution in [0, 0.1) is 0 Å². The molecule has 0 bridgehead atoms. The van der Waals surface area contributed by atoms with Crippen LogP contribution < -0.4 is 11.1 Å². The monoisotopic (exact) mass is 421 g/mol. The first-order valence-corrected chi connectivity index (χ1v) is 10.0. The third kappa shape index (κ3) is 3.65. The van der Waals surface area contributed by atoms with E-state index in [9.17, 15) is 4.79 Å². The minimum atomic E-state index is -0.337. The number of hydrogen-bond donors (Lipinski definition) is 2. The smallest absolute Gasteiger partial charge is 0.257 e. The van der Waals surface area contributed by atoms with Crippen LogP contribution in [0.15, 0.2) is 84.2 Å². The van der Waals surface area contributed by atoms with Gasteiger partial charge in [0, 0.05) is 24.5 Å². The van der Waals surface area contributed by atoms with E-state index in [0.717, 1.165) is 11.1 Å². The van der Waals surface area contributed by atoms with Gasteiger partial charge in [-0.05, 0) is 23.8 Å². The molecule has 3 N–H and O–H groups in total. The van der Waals surface area contributed by atoms with Crippen LogP contribution in [0.5, 0.6) is 0 Å². The molecular formula is C24H19N7O. The van der Waals surface area contributed by atoms with E-state index in [0.29, 0.717) is 28.7 Å². The number of nitrogens with one attached hydrogen (secondary N) is 1. The SMILES string of the molecule is Nc1c(C(=O)NCc2ccccc2)c2nc3ccccc3nc2n1/N=C/c1cccnc1. The number of nitrogens with two attached hydrogens (primary N) is 1. The molecule has 0 radical (unpaired) electrons. The number of rotatable bonds is 5. The van der Waals surface area contributed by atoms with Crippen molar-refractivity contribution in [2.75, 3.05) is 5.73 Å². The Labute approximate surface area is 183 Å². The Morgan fingerprint density at radius 2 is 1.75 bits per heavy atom. The van der Waals surface area contributed by atoms with Crippen LogP contribution in [-0.2, 0) is 6.54 Å². The lowest BCUT2D eigenvalue weighted by atomic mass is 10.2. The van der Waals surface area contributed by atoms with Gasteiger partial charge in [0.15, 0.2) is 5.65 Å². The highest BCUT2D eigenvalue weighted by molar-refractivity contribution is 6.10. The number of fused-ring (bicyclic) bond motifs is 2. The lowest BCUT2D eigenvalue weighted by Crippen LogP contribution is -2.23. The topological polar surface area (TPSA) is 111 Å². The summed E-state index contributed by atoms with van der Waals surface area (Å²) in [6.07, 6.45) is 4.98. The molecule has 3 aromatic heterocycles. The summed E-state index contributed by atoms with van der Waals surface area (Å²) in [5.41, 5.74) is 10.6. The first-order chi connectivity index (χ1) is 15.7. The minimum absolute atomic E-state index is 0.168. The normalized spacial score (nSPS) is 11.4. The summed E-state index contributed by atoms with van der Waals surface area (Å²) >= 11 is 0. The summed E-state index contributed by atoms with van der Waals surface area (Å²) in [4.78, 5) is 26.6. The molecule has 0 atom stereocenters. The van der Waals surface area contributed by atoms with Crippen LogP contribution >= 0.6 is 0 Å². The summed E-state index contributed by atoms with van der Waals surface area (Å²) in [6.45, 7) is 0.367. The number of aromatic nitrogens is 4. The van der Waals surface area contributed by atoms with Crippen LogP contribution in [-0.4, -0.2) is 31.7 Å². The Balaban J connectivity index is 1.61. The fourth-order valence-corrected chi connectivity index (χ4v) is 3.43. The molecule has 0 saturated heterocycles. The lowest BCUT2D eigenvalue weighted by Gasteiger charge is -2.05. The number of nitrogens with zero attached hydrogens (tertiary/aromatic N) is 5. The number of carbonyl (C=O) groups is 1. The van der Waals surface area contributed by atoms with Gasteiger partial charge in [0.25, 0.3) is 5.91 Å². The number of para-hydroxylation sites is 2. The van der Waals surface area contributed by atoms with Gasteiger partial charge in [0.2, 0.25) is 0 Å². The minimum Gasteiger partial charge on any atom is -0.383 e. The van der Waals surface area contributed by atoms with Crippen LogP contribution in [0.1, 0.15) is 21.5 Å². The summed E-state index contributed by atoms with van der Waals surface area (Å²) < 4.78 is 1.44. The highest BCUT2D eigenvalue weighted by Gasteiger charge is 2.24. The van der Waals surface area contributed by atoms with Crippen LogP contribution in [0.4, 0.5) is 5.82 Å². The van der Waals surface area contributed by atoms with E-state index in [1.165, 1.54) is 4.68 Å². The molecule has 0 aliphatic heterocycles. The second kappa shape index (κ2) is 8.27. The van der Waals surface area contributed by atoms with Crippen molar-refractivity contribution in [1.82, 2.24) is 24.9 Å². The predicted molar refractivity (Wildman–Crippen MR) is 124 cm³/mol. The number of pyridine rings is 1. The van der Waals surface area contributed by atoms with Crippen molar-refractivity contribution in [3.05, 3.63) is 95.8 Å². The molecule has 5 aromatic rings. The van der Waals surface area contributed by atoms with Crippen molar-refractivity contribution in [2.24, 2.45) is 5.10 Å². The number of benzene rings is 2. The Morgan fingerprint density at radius 1 is 1.00 bits per heavy atom. The molecule has 0 saturated carbocycles. The van der Waals surface area contributed by atoms with E-state index >= 15 is 0 Å². The number of hydrogen-bond acceptors (Lipinski definition) is 6. The number of anilines is 1. The molecule has 0 aliphatic rings. The van der Waals surface area contributed by atoms with E-state index in [-0.39, 0.29) is 17.3 Å². The molecule has 0 spiro atoms. The second-order valence-corrected chi connectivity index (χ2v) is 7.16. The summed E-state index contributed by atoms with van der Waals surface area (Å²) in [5, 5.41) is 7.40. The first kappa shape index (κ1) is 19.4. The van der Waals surface area contributed by atoms with E-state index in [1.54, 1.807) is 18.6 Å². The van der Waals surface area contributed by atoms with E-state index < -0.39 is 0 Å². The maximum atomic E-state index is 13.1. The molecule has 1 amide bonds. The average Bonchev–Trinajstić information content (AvgIpc) is 3.11. The lowest BCUT2D eigenvalue weighted by molar-refractivity contribution is 0.0953. The van der Waals surface area contributed by atoms with Gasteiger partial charge in [-0.3, -0.25) is 9.78 Å². The van der Waals surface area contributed by atoms with Gasteiger partial charge >= 0.3 is 0 Å². The van der Waals surface area contributed by atoms with Crippen LogP contribution in [0.2, 0.25) is 0 Å². The maximum Gasteiger partial charge on any atom is 0.257 e. The zero-order chi connectivity index (χ0) is 21.9. The van der Waals surface area contributed by atoms with Crippen molar-refractivity contribution in [1.29, 1.82) is 0 Å². The third-order valence-electron chi connectivity index (χ3n) is 5.00. The predicted octanol–water partition coefficient (Wildman–Crippen LogP) is 3.37. The van der Waals surface area contributed by atoms with Gasteiger partial charge in [-0.1, -0.05) is 48.5 Å². The van der Waals surface area contributed by atoms with Gasteiger partial charge in [-0.15, -0.1) is 0 Å². The van der Waals surface area contributed by atoms with Crippen LogP contribution in [0.3, 0.4) is 0 Å². The molecule has 5 rings (SSSR count). The number of carbonyl (C=O) groups excluding carboxylic acids is 1. The summed E-state index contributed by atoms with van der Waals surface area (Å²) in [7, 11) is 0. The van der Waals surface area contributed by atoms with Gasteiger partial charge in [-0.2, -0.15) is 9.78 Å². The quantitative estimate of drug-likeness (QED) is 0.423. The fraction of sp³-hybridized carbons (Fsp3) is 0.0417. The largest absolute Gasteiger partial charge is 0.383 e. The molecule has 156 valence electrons. The molecule has 2 aromatic carbocycles. The second-order valence-electron chi connectivity index (χ2n) is 7.16. The highest BCUT2D eigenvalue weighted by atomic mass is 16.1. The molecule has 0 fully saturated rings. The van der Waals surface area contributed by atoms with Crippen molar-refractivity contribution in [3.63, 3.8) is 0 Å². The number of amides is 1. The average molecular weight is 421 g/mol. The summed E-state index contributed by atoms with van der Waals surface area (Å²) in [5.74, 6) is -0.169. The molecule has 0 aliphatic carbocycles. The van der Waals surface area contributed by atoms with Crippen molar-refractivity contribution >= 4 is 40.1 Å². The molecule has 8 heteroatoms. The van der Waals surface area contributed by atoms with E-state index in [4.69, 9.17) is 5.73 Å². The van der Waals surface area contributed by atoms with Crippen molar-refractivity contribution < 1.29 is 4.79 Å². The third-order valence-corrected chi connectivity index (χ3v) is 5.00. The molecule has 3 heterocycles. The zero-order valence-corrected chi connectivity index (χ0v) is 17.0. The fourth-order valence-electron chi connectivity index (χ4n) is 3.43. The van der Waals surface area contributed by atoms with Gasteiger partial charge in [-0.25, -0.2) is 9.97 Å². The zero-order valence-electron chi connectivity index (χ0n) is 17.0.